The van der Waals surface area contributed by atoms with Crippen LogP contribution in [0.1, 0.15) is 11.1 Å². The van der Waals surface area contributed by atoms with Crippen LogP contribution in [0.3, 0.4) is 0 Å². The normalized spacial score (nSPS) is 19.9. The van der Waals surface area contributed by atoms with E-state index in [1.165, 1.54) is 18.2 Å². The first-order chi connectivity index (χ1) is 6.81. The topological polar surface area (TPSA) is 38.3 Å². The first-order valence-electron chi connectivity index (χ1n) is 4.69. The molecule has 1 atom stereocenters. The van der Waals surface area contributed by atoms with Gasteiger partial charge < -0.3 is 10.1 Å². The lowest BCUT2D eigenvalue weighted by atomic mass is 9.96. The first-order valence-corrected chi connectivity index (χ1v) is 4.69. The Labute approximate surface area is 83.1 Å². The monoisotopic (exact) mass is 191 g/mol. The first kappa shape index (κ1) is 9.21. The molecule has 1 aromatic rings. The van der Waals surface area contributed by atoms with Gasteiger partial charge in [-0.25, -0.2) is 0 Å². The number of fused-ring (bicyclic) bond motifs is 1. The molecule has 1 heterocycles. The Morgan fingerprint density at radius 2 is 2.14 bits per heavy atom. The molecule has 0 fully saturated rings. The number of methoxy groups -OCH3 is 1. The minimum absolute atomic E-state index is 0.181. The van der Waals surface area contributed by atoms with Gasteiger partial charge in [-0.05, 0) is 17.5 Å². The summed E-state index contributed by atoms with van der Waals surface area (Å²) in [5, 5.41) is 3.15. The third-order valence-corrected chi connectivity index (χ3v) is 2.57. The molecule has 0 bridgehead atoms. The maximum atomic E-state index is 11.3. The number of carbonyl (C=O) groups excluding carboxylic acids is 1. The fourth-order valence-electron chi connectivity index (χ4n) is 1.76. The fourth-order valence-corrected chi connectivity index (χ4v) is 1.76. The number of rotatable bonds is 1. The highest BCUT2D eigenvalue weighted by atomic mass is 16.5. The maximum absolute atomic E-state index is 11.3. The van der Waals surface area contributed by atoms with Crippen molar-refractivity contribution in [3.05, 3.63) is 35.4 Å². The summed E-state index contributed by atoms with van der Waals surface area (Å²) in [4.78, 5) is 11.3. The van der Waals surface area contributed by atoms with Gasteiger partial charge in [-0.1, -0.05) is 24.3 Å². The molecule has 2 rings (SSSR count). The van der Waals surface area contributed by atoms with E-state index in [0.717, 1.165) is 13.0 Å². The van der Waals surface area contributed by atoms with Crippen molar-refractivity contribution in [3.63, 3.8) is 0 Å². The van der Waals surface area contributed by atoms with Crippen molar-refractivity contribution >= 4 is 5.97 Å². The smallest absolute Gasteiger partial charge is 0.323 e. The maximum Gasteiger partial charge on any atom is 0.323 e. The lowest BCUT2D eigenvalue weighted by molar-refractivity contribution is -0.143. The van der Waals surface area contributed by atoms with Crippen LogP contribution >= 0.6 is 0 Å². The Morgan fingerprint density at radius 3 is 2.86 bits per heavy atom. The van der Waals surface area contributed by atoms with Gasteiger partial charge in [-0.3, -0.25) is 4.79 Å². The van der Waals surface area contributed by atoms with Crippen LogP contribution in [-0.2, 0) is 22.5 Å². The van der Waals surface area contributed by atoms with Gasteiger partial charge >= 0.3 is 5.97 Å². The molecule has 0 unspecified atom stereocenters. The van der Waals surface area contributed by atoms with Crippen molar-refractivity contribution in [1.29, 1.82) is 0 Å². The zero-order valence-electron chi connectivity index (χ0n) is 8.12. The van der Waals surface area contributed by atoms with Gasteiger partial charge in [0.1, 0.15) is 6.04 Å². The predicted molar refractivity (Wildman–Crippen MR) is 52.8 cm³/mol. The molecule has 1 N–H and O–H groups in total. The van der Waals surface area contributed by atoms with Crippen molar-refractivity contribution in [2.45, 2.75) is 19.0 Å². The number of hydrogen-bond acceptors (Lipinski definition) is 3. The number of benzene rings is 1. The van der Waals surface area contributed by atoms with Crippen LogP contribution in [-0.4, -0.2) is 19.1 Å². The molecule has 0 spiro atoms. The van der Waals surface area contributed by atoms with E-state index in [9.17, 15) is 4.79 Å². The summed E-state index contributed by atoms with van der Waals surface area (Å²) in [6.07, 6.45) is 0.725. The highest BCUT2D eigenvalue weighted by Gasteiger charge is 2.23. The van der Waals surface area contributed by atoms with Crippen molar-refractivity contribution in [2.75, 3.05) is 7.11 Å². The van der Waals surface area contributed by atoms with E-state index in [1.54, 1.807) is 0 Å². The Balaban J connectivity index is 2.17. The summed E-state index contributed by atoms with van der Waals surface area (Å²) in [5.41, 5.74) is 2.51. The van der Waals surface area contributed by atoms with Crippen molar-refractivity contribution < 1.29 is 9.53 Å². The zero-order chi connectivity index (χ0) is 9.97. The Kier molecular flexibility index (Phi) is 2.50. The van der Waals surface area contributed by atoms with Gasteiger partial charge in [0.05, 0.1) is 7.11 Å². The van der Waals surface area contributed by atoms with Gasteiger partial charge in [0.2, 0.25) is 0 Å². The molecule has 0 saturated heterocycles. The second-order valence-electron chi connectivity index (χ2n) is 3.43. The average molecular weight is 191 g/mol. The lowest BCUT2D eigenvalue weighted by Crippen LogP contribution is -2.42. The third kappa shape index (κ3) is 1.63. The molecular formula is C11H13NO2. The van der Waals surface area contributed by atoms with E-state index in [0.29, 0.717) is 0 Å². The minimum atomic E-state index is -0.185. The molecule has 0 saturated carbocycles. The van der Waals surface area contributed by atoms with Crippen LogP contribution in [0, 0.1) is 0 Å². The SMILES string of the molecule is COC(=O)[C@H]1Cc2ccccc2CN1. The van der Waals surface area contributed by atoms with E-state index in [-0.39, 0.29) is 12.0 Å². The molecule has 1 aliphatic heterocycles. The molecule has 0 aliphatic carbocycles. The molecule has 0 aromatic heterocycles. The molecule has 3 nitrogen and oxygen atoms in total. The van der Waals surface area contributed by atoms with Crippen LogP contribution in [0.15, 0.2) is 24.3 Å². The van der Waals surface area contributed by atoms with Crippen molar-refractivity contribution in [2.24, 2.45) is 0 Å². The quantitative estimate of drug-likeness (QED) is 0.669. The molecule has 0 radical (unpaired) electrons. The molecule has 74 valence electrons. The molecule has 3 heteroatoms. The van der Waals surface area contributed by atoms with E-state index < -0.39 is 0 Å². The fraction of sp³-hybridized carbons (Fsp3) is 0.364. The molecular weight excluding hydrogens is 178 g/mol. The highest BCUT2D eigenvalue weighted by molar-refractivity contribution is 5.76. The van der Waals surface area contributed by atoms with Gasteiger partial charge in [0, 0.05) is 6.54 Å². The Morgan fingerprint density at radius 1 is 1.43 bits per heavy atom. The summed E-state index contributed by atoms with van der Waals surface area (Å²) >= 11 is 0. The molecule has 1 aliphatic rings. The van der Waals surface area contributed by atoms with E-state index in [1.807, 2.05) is 12.1 Å². The van der Waals surface area contributed by atoms with Gasteiger partial charge in [0.15, 0.2) is 0 Å². The van der Waals surface area contributed by atoms with Crippen LogP contribution in [0.5, 0.6) is 0 Å². The Bertz CT molecular complexity index is 349. The minimum Gasteiger partial charge on any atom is -0.468 e. The third-order valence-electron chi connectivity index (χ3n) is 2.57. The van der Waals surface area contributed by atoms with E-state index in [4.69, 9.17) is 4.74 Å². The summed E-state index contributed by atoms with van der Waals surface area (Å²) in [5.74, 6) is -0.181. The molecule has 1 aromatic carbocycles. The van der Waals surface area contributed by atoms with E-state index >= 15 is 0 Å². The Hall–Kier alpha value is -1.35. The second kappa shape index (κ2) is 3.80. The second-order valence-corrected chi connectivity index (χ2v) is 3.43. The number of ether oxygens (including phenoxy) is 1. The highest BCUT2D eigenvalue weighted by Crippen LogP contribution is 2.16. The number of esters is 1. The largest absolute Gasteiger partial charge is 0.468 e. The van der Waals surface area contributed by atoms with E-state index in [2.05, 4.69) is 17.4 Å². The summed E-state index contributed by atoms with van der Waals surface area (Å²) < 4.78 is 4.70. The van der Waals surface area contributed by atoms with Gasteiger partial charge in [-0.15, -0.1) is 0 Å². The van der Waals surface area contributed by atoms with Crippen LogP contribution in [0.2, 0.25) is 0 Å². The van der Waals surface area contributed by atoms with Crippen LogP contribution in [0.25, 0.3) is 0 Å². The molecule has 14 heavy (non-hydrogen) atoms. The predicted octanol–water partition coefficient (Wildman–Crippen LogP) is 0.874. The van der Waals surface area contributed by atoms with Gasteiger partial charge in [0.25, 0.3) is 0 Å². The summed E-state index contributed by atoms with van der Waals surface area (Å²) in [6, 6.07) is 7.97. The lowest BCUT2D eigenvalue weighted by Gasteiger charge is -2.23. The molecule has 0 amide bonds. The van der Waals surface area contributed by atoms with Crippen LogP contribution < -0.4 is 5.32 Å². The standard InChI is InChI=1S/C11H13NO2/c1-14-11(13)10-6-8-4-2-3-5-9(8)7-12-10/h2-5,10,12H,6-7H2,1H3/t10-/m1/s1. The average Bonchev–Trinajstić information content (AvgIpc) is 2.27. The zero-order valence-corrected chi connectivity index (χ0v) is 8.12. The number of hydrogen-bond donors (Lipinski definition) is 1. The van der Waals surface area contributed by atoms with Crippen molar-refractivity contribution in [1.82, 2.24) is 5.32 Å². The summed E-state index contributed by atoms with van der Waals surface area (Å²) in [6.45, 7) is 0.746. The van der Waals surface area contributed by atoms with Crippen LogP contribution in [0.4, 0.5) is 0 Å². The number of nitrogens with one attached hydrogen (secondary N) is 1. The van der Waals surface area contributed by atoms with Gasteiger partial charge in [-0.2, -0.15) is 0 Å². The van der Waals surface area contributed by atoms with Crippen molar-refractivity contribution in [3.8, 4) is 0 Å². The summed E-state index contributed by atoms with van der Waals surface area (Å²) in [7, 11) is 1.42. The number of carbonyl (C=O) groups is 1.